The number of nitrogens with one attached hydrogen (secondary N) is 1. The SMILES string of the molecule is O=C1CCC(N2C(=O)c3ccc(S(=O)(=O)CCOc4ccccc4)cc3C2=O)C(=O)N1. The van der Waals surface area contributed by atoms with E-state index < -0.39 is 39.5 Å². The van der Waals surface area contributed by atoms with Gasteiger partial charge in [0.05, 0.1) is 21.8 Å². The predicted molar refractivity (Wildman–Crippen MR) is 107 cm³/mol. The maximum absolute atomic E-state index is 12.8. The van der Waals surface area contributed by atoms with Crippen LogP contribution in [-0.4, -0.2) is 55.3 Å². The molecule has 0 radical (unpaired) electrons. The van der Waals surface area contributed by atoms with Crippen molar-refractivity contribution in [3.63, 3.8) is 0 Å². The Labute approximate surface area is 177 Å². The number of carbonyl (C=O) groups is 4. The summed E-state index contributed by atoms with van der Waals surface area (Å²) in [5, 5.41) is 2.11. The Balaban J connectivity index is 1.52. The van der Waals surface area contributed by atoms with E-state index in [0.717, 1.165) is 11.0 Å². The molecule has 2 aliphatic rings. The molecule has 31 heavy (non-hydrogen) atoms. The maximum Gasteiger partial charge on any atom is 0.262 e. The average Bonchev–Trinajstić information content (AvgIpc) is 2.99. The van der Waals surface area contributed by atoms with Crippen molar-refractivity contribution in [3.05, 3.63) is 59.7 Å². The first-order chi connectivity index (χ1) is 14.8. The van der Waals surface area contributed by atoms with Crippen LogP contribution in [0.25, 0.3) is 0 Å². The molecular weight excluding hydrogens is 424 g/mol. The molecule has 1 atom stereocenters. The van der Waals surface area contributed by atoms with Crippen molar-refractivity contribution in [2.75, 3.05) is 12.4 Å². The van der Waals surface area contributed by atoms with E-state index in [0.29, 0.717) is 5.75 Å². The number of amides is 4. The van der Waals surface area contributed by atoms with E-state index in [2.05, 4.69) is 5.32 Å². The van der Waals surface area contributed by atoms with Crippen molar-refractivity contribution in [2.45, 2.75) is 23.8 Å². The molecule has 0 spiro atoms. The van der Waals surface area contributed by atoms with Crippen LogP contribution in [0, 0.1) is 0 Å². The normalized spacial score (nSPS) is 18.7. The number of nitrogens with zero attached hydrogens (tertiary/aromatic N) is 1. The molecule has 0 saturated carbocycles. The highest BCUT2D eigenvalue weighted by Crippen LogP contribution is 2.29. The Bertz CT molecular complexity index is 1190. The van der Waals surface area contributed by atoms with Crippen LogP contribution in [0.15, 0.2) is 53.4 Å². The van der Waals surface area contributed by atoms with Crippen LogP contribution >= 0.6 is 0 Å². The summed E-state index contributed by atoms with van der Waals surface area (Å²) in [7, 11) is -3.78. The third-order valence-electron chi connectivity index (χ3n) is 5.13. The standard InChI is InChI=1S/C21H18N2O7S/c24-18-9-8-17(19(25)22-18)23-20(26)15-7-6-14(12-16(15)21(23)27)31(28,29)11-10-30-13-4-2-1-3-5-13/h1-7,12,17H,8-11H2,(H,22,24,25). The molecule has 1 N–H and O–H groups in total. The van der Waals surface area contributed by atoms with Crippen LogP contribution in [0.5, 0.6) is 5.75 Å². The lowest BCUT2D eigenvalue weighted by atomic mass is 10.0. The van der Waals surface area contributed by atoms with Gasteiger partial charge >= 0.3 is 0 Å². The molecule has 2 heterocycles. The molecule has 2 aliphatic heterocycles. The van der Waals surface area contributed by atoms with E-state index in [9.17, 15) is 27.6 Å². The number of rotatable bonds is 6. The van der Waals surface area contributed by atoms with Gasteiger partial charge < -0.3 is 4.74 Å². The van der Waals surface area contributed by atoms with Crippen molar-refractivity contribution in [1.82, 2.24) is 10.2 Å². The monoisotopic (exact) mass is 442 g/mol. The van der Waals surface area contributed by atoms with Crippen LogP contribution in [0.1, 0.15) is 33.6 Å². The fraction of sp³-hybridized carbons (Fsp3) is 0.238. The Morgan fingerprint density at radius 2 is 1.68 bits per heavy atom. The van der Waals surface area contributed by atoms with E-state index in [-0.39, 0.29) is 41.2 Å². The molecule has 1 saturated heterocycles. The Kier molecular flexibility index (Phi) is 5.32. The highest BCUT2D eigenvalue weighted by atomic mass is 32.2. The Morgan fingerprint density at radius 3 is 2.39 bits per heavy atom. The van der Waals surface area contributed by atoms with E-state index in [1.54, 1.807) is 24.3 Å². The smallest absolute Gasteiger partial charge is 0.262 e. The number of imide groups is 2. The van der Waals surface area contributed by atoms with Gasteiger partial charge in [0.15, 0.2) is 9.84 Å². The molecule has 0 aromatic heterocycles. The molecule has 4 amide bonds. The molecule has 0 bridgehead atoms. The fourth-order valence-corrected chi connectivity index (χ4v) is 4.66. The van der Waals surface area contributed by atoms with Gasteiger partial charge in [-0.15, -0.1) is 0 Å². The predicted octanol–water partition coefficient (Wildman–Crippen LogP) is 0.941. The topological polar surface area (TPSA) is 127 Å². The van der Waals surface area contributed by atoms with Crippen molar-refractivity contribution in [1.29, 1.82) is 0 Å². The minimum absolute atomic E-state index is 0.00482. The van der Waals surface area contributed by atoms with Gasteiger partial charge in [-0.1, -0.05) is 18.2 Å². The van der Waals surface area contributed by atoms with Crippen molar-refractivity contribution in [2.24, 2.45) is 0 Å². The number of hydrogen-bond donors (Lipinski definition) is 1. The van der Waals surface area contributed by atoms with Gasteiger partial charge in [-0.2, -0.15) is 0 Å². The zero-order chi connectivity index (χ0) is 22.2. The summed E-state index contributed by atoms with van der Waals surface area (Å²) in [6, 6.07) is 11.3. The second-order valence-corrected chi connectivity index (χ2v) is 9.24. The Morgan fingerprint density at radius 1 is 0.968 bits per heavy atom. The first kappa shape index (κ1) is 20.7. The summed E-state index contributed by atoms with van der Waals surface area (Å²) < 4.78 is 30.8. The van der Waals surface area contributed by atoms with Gasteiger partial charge in [-0.05, 0) is 36.8 Å². The lowest BCUT2D eigenvalue weighted by Crippen LogP contribution is -2.54. The minimum atomic E-state index is -3.78. The van der Waals surface area contributed by atoms with Crippen molar-refractivity contribution >= 4 is 33.5 Å². The lowest BCUT2D eigenvalue weighted by Gasteiger charge is -2.27. The summed E-state index contributed by atoms with van der Waals surface area (Å²) in [4.78, 5) is 49.7. The van der Waals surface area contributed by atoms with E-state index >= 15 is 0 Å². The van der Waals surface area contributed by atoms with Crippen LogP contribution in [0.3, 0.4) is 0 Å². The third kappa shape index (κ3) is 3.93. The van der Waals surface area contributed by atoms with Crippen LogP contribution < -0.4 is 10.1 Å². The van der Waals surface area contributed by atoms with Crippen LogP contribution in [0.2, 0.25) is 0 Å². The van der Waals surface area contributed by atoms with Gasteiger partial charge in [-0.3, -0.25) is 29.4 Å². The van der Waals surface area contributed by atoms with E-state index in [1.807, 2.05) is 6.07 Å². The quantitative estimate of drug-likeness (QED) is 0.660. The number of para-hydroxylation sites is 1. The third-order valence-corrected chi connectivity index (χ3v) is 6.81. The summed E-state index contributed by atoms with van der Waals surface area (Å²) in [6.45, 7) is -0.0846. The average molecular weight is 442 g/mol. The molecule has 9 nitrogen and oxygen atoms in total. The van der Waals surface area contributed by atoms with Gasteiger partial charge in [0, 0.05) is 6.42 Å². The largest absolute Gasteiger partial charge is 0.493 e. The van der Waals surface area contributed by atoms with Crippen LogP contribution in [0.4, 0.5) is 0 Å². The molecule has 2 aromatic rings. The second-order valence-electron chi connectivity index (χ2n) is 7.13. The van der Waals surface area contributed by atoms with Crippen molar-refractivity contribution in [3.8, 4) is 5.75 Å². The number of carbonyl (C=O) groups excluding carboxylic acids is 4. The lowest BCUT2D eigenvalue weighted by molar-refractivity contribution is -0.136. The van der Waals surface area contributed by atoms with Gasteiger partial charge in [-0.25, -0.2) is 8.42 Å². The fourth-order valence-electron chi connectivity index (χ4n) is 3.55. The number of ether oxygens (including phenoxy) is 1. The number of hydrogen-bond acceptors (Lipinski definition) is 7. The summed E-state index contributed by atoms with van der Waals surface area (Å²) in [5.41, 5.74) is -0.0612. The highest BCUT2D eigenvalue weighted by molar-refractivity contribution is 7.91. The molecule has 0 aliphatic carbocycles. The number of piperidine rings is 1. The van der Waals surface area contributed by atoms with Crippen LogP contribution in [-0.2, 0) is 19.4 Å². The highest BCUT2D eigenvalue weighted by Gasteiger charge is 2.44. The number of fused-ring (bicyclic) bond motifs is 1. The first-order valence-corrected chi connectivity index (χ1v) is 11.2. The second kappa shape index (κ2) is 7.95. The Hall–Kier alpha value is -3.53. The zero-order valence-corrected chi connectivity index (χ0v) is 17.1. The summed E-state index contributed by atoms with van der Waals surface area (Å²) in [5.74, 6) is -2.43. The number of sulfone groups is 1. The summed E-state index contributed by atoms with van der Waals surface area (Å²) in [6.07, 6.45) is 0.0307. The van der Waals surface area contributed by atoms with Gasteiger partial charge in [0.1, 0.15) is 18.4 Å². The maximum atomic E-state index is 12.8. The zero-order valence-electron chi connectivity index (χ0n) is 16.2. The molecule has 4 rings (SSSR count). The molecular formula is C21H18N2O7S. The molecule has 160 valence electrons. The molecule has 1 fully saturated rings. The molecule has 2 aromatic carbocycles. The van der Waals surface area contributed by atoms with Gasteiger partial charge in [0.25, 0.3) is 11.8 Å². The summed E-state index contributed by atoms with van der Waals surface area (Å²) >= 11 is 0. The van der Waals surface area contributed by atoms with Crippen molar-refractivity contribution < 1.29 is 32.3 Å². The van der Waals surface area contributed by atoms with E-state index in [4.69, 9.17) is 4.74 Å². The minimum Gasteiger partial charge on any atom is -0.493 e. The number of benzene rings is 2. The molecule has 1 unspecified atom stereocenters. The first-order valence-electron chi connectivity index (χ1n) is 9.54. The molecule has 10 heteroatoms. The van der Waals surface area contributed by atoms with Gasteiger partial charge in [0.2, 0.25) is 11.8 Å². The van der Waals surface area contributed by atoms with E-state index in [1.165, 1.54) is 12.1 Å².